The van der Waals surface area contributed by atoms with Gasteiger partial charge in [-0.1, -0.05) is 20.8 Å². The Hall–Kier alpha value is -1.06. The molecule has 0 spiro atoms. The number of nitrogens with zero attached hydrogens (tertiary/aromatic N) is 3. The van der Waals surface area contributed by atoms with Gasteiger partial charge in [-0.05, 0) is 11.8 Å². The van der Waals surface area contributed by atoms with Gasteiger partial charge in [0.2, 0.25) is 5.95 Å². The Morgan fingerprint density at radius 2 is 2.31 bits per heavy atom. The van der Waals surface area contributed by atoms with Crippen LogP contribution in [-0.2, 0) is 6.54 Å². The van der Waals surface area contributed by atoms with E-state index in [4.69, 9.17) is 0 Å². The molecule has 2 rings (SSSR count). The van der Waals surface area contributed by atoms with Crippen LogP contribution in [0.3, 0.4) is 0 Å². The molecule has 0 saturated carbocycles. The second kappa shape index (κ2) is 2.72. The monoisotopic (exact) mass is 180 g/mol. The number of aryl methyl sites for hydroxylation is 1. The summed E-state index contributed by atoms with van der Waals surface area (Å²) in [6.07, 6.45) is 2.93. The van der Waals surface area contributed by atoms with Gasteiger partial charge in [-0.25, -0.2) is 0 Å². The molecule has 1 aliphatic heterocycles. The van der Waals surface area contributed by atoms with E-state index in [2.05, 4.69) is 40.9 Å². The van der Waals surface area contributed by atoms with E-state index in [1.807, 2.05) is 0 Å². The summed E-state index contributed by atoms with van der Waals surface area (Å²) in [7, 11) is 0. The third-order valence-electron chi connectivity index (χ3n) is 2.62. The minimum atomic E-state index is 0.289. The number of fused-ring (bicyclic) bond motifs is 1. The van der Waals surface area contributed by atoms with E-state index >= 15 is 0 Å². The van der Waals surface area contributed by atoms with E-state index in [9.17, 15) is 0 Å². The van der Waals surface area contributed by atoms with Crippen LogP contribution in [0, 0.1) is 5.41 Å². The Bertz CT molecular complexity index is 297. The van der Waals surface area contributed by atoms with Crippen LogP contribution in [-0.4, -0.2) is 20.8 Å². The fraction of sp³-hybridized carbons (Fsp3) is 0.778. The lowest BCUT2D eigenvalue weighted by Crippen LogP contribution is -2.38. The van der Waals surface area contributed by atoms with Gasteiger partial charge in [0, 0.05) is 12.6 Å². The molecular weight excluding hydrogens is 164 g/mol. The SMILES string of the molecule is CC(C)(C)C1CCn2cnnc2N1. The fourth-order valence-electron chi connectivity index (χ4n) is 1.68. The molecule has 13 heavy (non-hydrogen) atoms. The van der Waals surface area contributed by atoms with Crippen molar-refractivity contribution in [1.82, 2.24) is 14.8 Å². The Balaban J connectivity index is 2.18. The van der Waals surface area contributed by atoms with E-state index in [1.54, 1.807) is 6.33 Å². The lowest BCUT2D eigenvalue weighted by atomic mass is 9.84. The first-order chi connectivity index (χ1) is 6.07. The van der Waals surface area contributed by atoms with Crippen LogP contribution in [0.25, 0.3) is 0 Å². The highest BCUT2D eigenvalue weighted by Gasteiger charge is 2.28. The second-order valence-corrected chi connectivity index (χ2v) is 4.70. The molecule has 1 atom stereocenters. The molecular formula is C9H16N4. The molecule has 0 aliphatic carbocycles. The summed E-state index contributed by atoms with van der Waals surface area (Å²) in [5, 5.41) is 11.3. The van der Waals surface area contributed by atoms with Crippen LogP contribution in [0.4, 0.5) is 5.95 Å². The molecule has 1 unspecified atom stereocenters. The third kappa shape index (κ3) is 1.53. The summed E-state index contributed by atoms with van der Waals surface area (Å²) < 4.78 is 2.06. The Labute approximate surface area is 78.4 Å². The largest absolute Gasteiger partial charge is 0.351 e. The molecule has 0 bridgehead atoms. The topological polar surface area (TPSA) is 42.7 Å². The average molecular weight is 180 g/mol. The van der Waals surface area contributed by atoms with Gasteiger partial charge >= 0.3 is 0 Å². The highest BCUT2D eigenvalue weighted by Crippen LogP contribution is 2.28. The van der Waals surface area contributed by atoms with Crippen molar-refractivity contribution in [2.45, 2.75) is 39.8 Å². The number of hydrogen-bond donors (Lipinski definition) is 1. The molecule has 1 aliphatic rings. The van der Waals surface area contributed by atoms with Crippen molar-refractivity contribution in [1.29, 1.82) is 0 Å². The first-order valence-electron chi connectivity index (χ1n) is 4.72. The zero-order valence-electron chi connectivity index (χ0n) is 8.41. The maximum absolute atomic E-state index is 4.02. The summed E-state index contributed by atoms with van der Waals surface area (Å²) in [6, 6.07) is 0.504. The van der Waals surface area contributed by atoms with Crippen LogP contribution in [0.5, 0.6) is 0 Å². The van der Waals surface area contributed by atoms with Gasteiger partial charge in [-0.2, -0.15) is 0 Å². The lowest BCUT2D eigenvalue weighted by molar-refractivity contribution is 0.301. The summed E-state index contributed by atoms with van der Waals surface area (Å²) in [6.45, 7) is 7.77. The average Bonchev–Trinajstić information content (AvgIpc) is 2.47. The normalized spacial score (nSPS) is 22.2. The van der Waals surface area contributed by atoms with Crippen molar-refractivity contribution in [2.24, 2.45) is 5.41 Å². The molecule has 0 saturated heterocycles. The molecule has 2 heterocycles. The molecule has 1 aromatic heterocycles. The van der Waals surface area contributed by atoms with Gasteiger partial charge in [-0.15, -0.1) is 10.2 Å². The van der Waals surface area contributed by atoms with Crippen LogP contribution in [0.1, 0.15) is 27.2 Å². The van der Waals surface area contributed by atoms with E-state index in [-0.39, 0.29) is 5.41 Å². The molecule has 0 amide bonds. The minimum Gasteiger partial charge on any atom is -0.351 e. The van der Waals surface area contributed by atoms with Crippen LogP contribution >= 0.6 is 0 Å². The quantitative estimate of drug-likeness (QED) is 0.658. The summed E-state index contributed by atoms with van der Waals surface area (Å²) in [5.74, 6) is 0.908. The van der Waals surface area contributed by atoms with Crippen LogP contribution < -0.4 is 5.32 Å². The number of rotatable bonds is 0. The summed E-state index contributed by atoms with van der Waals surface area (Å²) in [4.78, 5) is 0. The molecule has 4 nitrogen and oxygen atoms in total. The summed E-state index contributed by atoms with van der Waals surface area (Å²) in [5.41, 5.74) is 0.289. The molecule has 72 valence electrons. The fourth-order valence-corrected chi connectivity index (χ4v) is 1.68. The van der Waals surface area contributed by atoms with E-state index in [0.717, 1.165) is 18.9 Å². The summed E-state index contributed by atoms with van der Waals surface area (Å²) >= 11 is 0. The number of hydrogen-bond acceptors (Lipinski definition) is 3. The molecule has 4 heteroatoms. The minimum absolute atomic E-state index is 0.289. The Kier molecular flexibility index (Phi) is 1.78. The second-order valence-electron chi connectivity index (χ2n) is 4.70. The van der Waals surface area contributed by atoms with Gasteiger partial charge in [0.05, 0.1) is 0 Å². The molecule has 1 N–H and O–H groups in total. The predicted molar refractivity (Wildman–Crippen MR) is 51.5 cm³/mol. The van der Waals surface area contributed by atoms with Gasteiger partial charge in [0.1, 0.15) is 6.33 Å². The zero-order chi connectivity index (χ0) is 9.47. The Morgan fingerprint density at radius 1 is 1.54 bits per heavy atom. The van der Waals surface area contributed by atoms with E-state index in [1.165, 1.54) is 0 Å². The lowest BCUT2D eigenvalue weighted by Gasteiger charge is -2.34. The predicted octanol–water partition coefficient (Wildman–Crippen LogP) is 1.51. The van der Waals surface area contributed by atoms with Crippen molar-refractivity contribution < 1.29 is 0 Å². The molecule has 0 fully saturated rings. The van der Waals surface area contributed by atoms with Crippen molar-refractivity contribution in [2.75, 3.05) is 5.32 Å². The number of anilines is 1. The van der Waals surface area contributed by atoms with E-state index < -0.39 is 0 Å². The van der Waals surface area contributed by atoms with Gasteiger partial charge in [-0.3, -0.25) is 4.57 Å². The molecule has 0 radical (unpaired) electrons. The highest BCUT2D eigenvalue weighted by atomic mass is 15.3. The first-order valence-corrected chi connectivity index (χ1v) is 4.72. The van der Waals surface area contributed by atoms with Gasteiger partial charge in [0.25, 0.3) is 0 Å². The van der Waals surface area contributed by atoms with E-state index in [0.29, 0.717) is 6.04 Å². The van der Waals surface area contributed by atoms with Crippen molar-refractivity contribution in [3.05, 3.63) is 6.33 Å². The van der Waals surface area contributed by atoms with Crippen molar-refractivity contribution >= 4 is 5.95 Å². The van der Waals surface area contributed by atoms with Crippen LogP contribution in [0.2, 0.25) is 0 Å². The van der Waals surface area contributed by atoms with Gasteiger partial charge < -0.3 is 5.32 Å². The highest BCUT2D eigenvalue weighted by molar-refractivity contribution is 5.28. The van der Waals surface area contributed by atoms with Crippen molar-refractivity contribution in [3.8, 4) is 0 Å². The Morgan fingerprint density at radius 3 is 3.00 bits per heavy atom. The third-order valence-corrected chi connectivity index (χ3v) is 2.62. The van der Waals surface area contributed by atoms with Crippen LogP contribution in [0.15, 0.2) is 6.33 Å². The molecule has 1 aromatic rings. The maximum atomic E-state index is 4.02. The van der Waals surface area contributed by atoms with Gasteiger partial charge in [0.15, 0.2) is 0 Å². The smallest absolute Gasteiger partial charge is 0.224 e. The maximum Gasteiger partial charge on any atom is 0.224 e. The standard InChI is InChI=1S/C9H16N4/c1-9(2,3)7-4-5-13-6-10-12-8(13)11-7/h6-7H,4-5H2,1-3H3,(H,11,12). The van der Waals surface area contributed by atoms with Crippen molar-refractivity contribution in [3.63, 3.8) is 0 Å². The zero-order valence-corrected chi connectivity index (χ0v) is 8.41. The molecule has 0 aromatic carbocycles. The number of nitrogens with one attached hydrogen (secondary N) is 1. The number of aromatic nitrogens is 3. The first kappa shape index (κ1) is 8.53.